The minimum Gasteiger partial charge on any atom is -0.507 e. The van der Waals surface area contributed by atoms with E-state index in [1.807, 2.05) is 7.05 Å². The highest BCUT2D eigenvalue weighted by molar-refractivity contribution is 6.14. The first-order valence-electron chi connectivity index (χ1n) is 19.1. The van der Waals surface area contributed by atoms with Crippen LogP contribution in [0.2, 0.25) is 0 Å². The quantitative estimate of drug-likeness (QED) is 0.0812. The fourth-order valence-electron chi connectivity index (χ4n) is 7.24. The van der Waals surface area contributed by atoms with Crippen molar-refractivity contribution in [3.05, 3.63) is 52.1 Å². The predicted octanol–water partition coefficient (Wildman–Crippen LogP) is 1.25. The zero-order valence-electron chi connectivity index (χ0n) is 34.4. The van der Waals surface area contributed by atoms with Gasteiger partial charge in [0.05, 0.1) is 52.8 Å². The average molecular weight is 809 g/mol. The Labute approximate surface area is 338 Å². The minimum atomic E-state index is -1.39. The number of nitrogens with one attached hydrogen (secondary N) is 1. The third kappa shape index (κ3) is 10.3. The van der Waals surface area contributed by atoms with Gasteiger partial charge in [-0.25, -0.2) is 4.79 Å². The molecule has 4 aliphatic rings. The van der Waals surface area contributed by atoms with Crippen molar-refractivity contribution >= 4 is 41.1 Å². The van der Waals surface area contributed by atoms with Gasteiger partial charge in [-0.1, -0.05) is 51.8 Å². The van der Waals surface area contributed by atoms with Crippen LogP contribution >= 0.6 is 0 Å². The smallest absolute Gasteiger partial charge is 0.343 e. The first-order chi connectivity index (χ1) is 27.4. The van der Waals surface area contributed by atoms with E-state index in [1.165, 1.54) is 46.4 Å². The number of ether oxygens (including phenoxy) is 4. The van der Waals surface area contributed by atoms with E-state index in [1.54, 1.807) is 44.9 Å². The normalized spacial score (nSPS) is 31.3. The van der Waals surface area contributed by atoms with Crippen molar-refractivity contribution in [2.24, 2.45) is 28.8 Å². The van der Waals surface area contributed by atoms with E-state index in [0.717, 1.165) is 6.26 Å². The van der Waals surface area contributed by atoms with Crippen molar-refractivity contribution in [3.63, 3.8) is 0 Å². The van der Waals surface area contributed by atoms with Gasteiger partial charge in [-0.05, 0) is 26.0 Å². The number of allylic oxidation sites excluding steroid dienone is 2. The Balaban J connectivity index is 2.00. The Hall–Kier alpha value is -5.18. The number of hydrazone groups is 1. The molecule has 0 radical (unpaired) electrons. The molecule has 1 aliphatic carbocycles. The molecule has 58 heavy (non-hydrogen) atoms. The Morgan fingerprint density at radius 3 is 2.24 bits per heavy atom. The number of phenolic OH excluding ortho intramolecular Hbond substituents is 2. The number of benzene rings is 1. The van der Waals surface area contributed by atoms with E-state index in [-0.39, 0.29) is 22.0 Å². The number of piperazine rings is 1. The van der Waals surface area contributed by atoms with Crippen molar-refractivity contribution in [1.29, 1.82) is 0 Å². The summed E-state index contributed by atoms with van der Waals surface area (Å²) >= 11 is 0. The zero-order valence-corrected chi connectivity index (χ0v) is 34.4. The lowest BCUT2D eigenvalue weighted by Gasteiger charge is -2.38. The number of carbonyl (C=O) groups excluding carboxylic acids is 3. The molecule has 0 aromatic heterocycles. The van der Waals surface area contributed by atoms with Gasteiger partial charge in [-0.3, -0.25) is 14.6 Å². The maximum atomic E-state index is 14.1. The molecule has 1 amide bonds. The summed E-state index contributed by atoms with van der Waals surface area (Å²) in [6.45, 7) is 12.1. The highest BCUT2D eigenvalue weighted by Crippen LogP contribution is 2.32. The van der Waals surface area contributed by atoms with Crippen molar-refractivity contribution in [2.75, 3.05) is 52.8 Å². The fraction of sp³-hybridized carbons (Fsp3) is 0.524. The molecule has 0 saturated carbocycles. The molecule has 3 aliphatic heterocycles. The minimum absolute atomic E-state index is 0.148. The third-order valence-corrected chi connectivity index (χ3v) is 10.9. The molecule has 316 valence electrons. The number of aliphatic hydroxyl groups is 3. The number of phenols is 2. The Bertz CT molecular complexity index is 2020. The predicted molar refractivity (Wildman–Crippen MR) is 215 cm³/mol. The SMILES string of the molecule is COC1C#CC(O)=c2c(O)c3c(/C=N/N4CCN(C)CC4)c(O)c2=C1C(=O)O/C=C/[C@H](OC)[C@@H](C)[C@@H](OC(C)=O)[C@H](C)[C@H](O)[C@H](C)[C@@H](O)[C@@H](C)/C=C/C=C(/C)C(=O)N3. The molecule has 1 aromatic rings. The number of amides is 1. The molecular weight excluding hydrogens is 752 g/mol. The van der Waals surface area contributed by atoms with Gasteiger partial charge in [0, 0.05) is 81.8 Å². The highest BCUT2D eigenvalue weighted by atomic mass is 16.6. The molecule has 5 rings (SSSR count). The van der Waals surface area contributed by atoms with Crippen LogP contribution in [-0.2, 0) is 33.3 Å². The van der Waals surface area contributed by atoms with Gasteiger partial charge in [0.1, 0.15) is 11.9 Å². The second-order valence-electron chi connectivity index (χ2n) is 15.0. The van der Waals surface area contributed by atoms with Gasteiger partial charge in [0.25, 0.3) is 5.91 Å². The fourth-order valence-corrected chi connectivity index (χ4v) is 7.24. The number of nitrogens with zero attached hydrogens (tertiary/aromatic N) is 3. The molecule has 16 nitrogen and oxygen atoms in total. The van der Waals surface area contributed by atoms with Crippen LogP contribution in [0.5, 0.6) is 11.5 Å². The van der Waals surface area contributed by atoms with E-state index in [2.05, 4.69) is 27.2 Å². The van der Waals surface area contributed by atoms with Gasteiger partial charge in [0.2, 0.25) is 0 Å². The van der Waals surface area contributed by atoms with Crippen molar-refractivity contribution in [3.8, 4) is 23.3 Å². The number of carbonyl (C=O) groups is 3. The third-order valence-electron chi connectivity index (χ3n) is 10.9. The van der Waals surface area contributed by atoms with Crippen LogP contribution in [-0.4, -0.2) is 137 Å². The largest absolute Gasteiger partial charge is 0.507 e. The molecule has 6 N–H and O–H groups in total. The van der Waals surface area contributed by atoms with Gasteiger partial charge >= 0.3 is 11.9 Å². The summed E-state index contributed by atoms with van der Waals surface area (Å²) < 4.78 is 22.5. The molecule has 0 spiro atoms. The van der Waals surface area contributed by atoms with E-state index in [9.17, 15) is 39.9 Å². The van der Waals surface area contributed by atoms with Crippen LogP contribution in [0.25, 0.3) is 11.3 Å². The van der Waals surface area contributed by atoms with Crippen LogP contribution < -0.4 is 15.8 Å². The first kappa shape index (κ1) is 45.5. The van der Waals surface area contributed by atoms with E-state index >= 15 is 0 Å². The van der Waals surface area contributed by atoms with Gasteiger partial charge < -0.3 is 54.7 Å². The van der Waals surface area contributed by atoms with E-state index in [4.69, 9.17) is 18.9 Å². The molecule has 4 bridgehead atoms. The Morgan fingerprint density at radius 2 is 1.62 bits per heavy atom. The Kier molecular flexibility index (Phi) is 15.7. The number of anilines is 1. The van der Waals surface area contributed by atoms with Crippen molar-refractivity contribution < 1.29 is 58.9 Å². The molecule has 1 unspecified atom stereocenters. The van der Waals surface area contributed by atoms with Crippen LogP contribution in [0.15, 0.2) is 41.2 Å². The Morgan fingerprint density at radius 1 is 0.948 bits per heavy atom. The lowest BCUT2D eigenvalue weighted by Crippen LogP contribution is -2.46. The molecule has 1 saturated heterocycles. The molecule has 3 heterocycles. The van der Waals surface area contributed by atoms with Gasteiger partial charge in [-0.15, -0.1) is 0 Å². The average Bonchev–Trinajstić information content (AvgIpc) is 3.35. The molecule has 1 fully saturated rings. The topological polar surface area (TPSA) is 220 Å². The zero-order chi connectivity index (χ0) is 43.0. The molecule has 1 aromatic carbocycles. The summed E-state index contributed by atoms with van der Waals surface area (Å²) in [5, 5.41) is 65.9. The number of hydrogen-bond donors (Lipinski definition) is 6. The van der Waals surface area contributed by atoms with Crippen LogP contribution in [0.4, 0.5) is 5.69 Å². The van der Waals surface area contributed by atoms with Crippen LogP contribution in [0.3, 0.4) is 0 Å². The maximum absolute atomic E-state index is 14.1. The second kappa shape index (κ2) is 20.0. The number of likely N-dealkylation sites (N-methyl/N-ethyl adjacent to an activating group) is 1. The molecule has 9 atom stereocenters. The standard InChI is InChI=1S/C42H56N4O12/c1-22-11-10-12-23(2)41(53)44-35-28(21-43-46-18-16-45(7)17-19-46)38(51)34-32(39(35)52)29(48)13-14-31(56-9)33(34)42(54)57-20-15-30(55-8)24(3)40(58-27(6)47)26(5)37(50)25(4)36(22)49/h10-12,15,20-22,24-26,30-31,36-37,40,48-52H,16-19H2,1-9H3,(H,44,53)/b11-10+,20-15+,23-12-,43-21+/t22-,24+,25+,26+,30-,31?,36-,37+,40+/m0/s1. The van der Waals surface area contributed by atoms with Crippen LogP contribution in [0, 0.1) is 35.5 Å². The summed E-state index contributed by atoms with van der Waals surface area (Å²) in [4.78, 5) is 42.2. The van der Waals surface area contributed by atoms with E-state index < -0.39 is 100 Å². The van der Waals surface area contributed by atoms with Gasteiger partial charge in [-0.2, -0.15) is 5.10 Å². The lowest BCUT2D eigenvalue weighted by atomic mass is 9.78. The highest BCUT2D eigenvalue weighted by Gasteiger charge is 2.39. The number of esters is 2. The summed E-state index contributed by atoms with van der Waals surface area (Å²) in [6.07, 6.45) is 2.99. The summed E-state index contributed by atoms with van der Waals surface area (Å²) in [7, 11) is 4.62. The van der Waals surface area contributed by atoms with Crippen molar-refractivity contribution in [1.82, 2.24) is 9.91 Å². The number of aliphatic hydroxyl groups excluding tert-OH is 3. The molecule has 16 heteroatoms. The lowest BCUT2D eigenvalue weighted by molar-refractivity contribution is -0.160. The summed E-state index contributed by atoms with van der Waals surface area (Å²) in [6, 6.07) is 0. The number of fused-ring (bicyclic) bond motifs is 15. The second-order valence-corrected chi connectivity index (χ2v) is 15.0. The number of hydrogen-bond acceptors (Lipinski definition) is 15. The van der Waals surface area contributed by atoms with E-state index in [0.29, 0.717) is 26.2 Å². The number of methoxy groups -OCH3 is 2. The summed E-state index contributed by atoms with van der Waals surface area (Å²) in [5.41, 5.74) is -0.767. The first-order valence-corrected chi connectivity index (χ1v) is 19.1. The molecular formula is C42H56N4O12. The number of rotatable bonds is 5. The number of aromatic hydroxyl groups is 2. The van der Waals surface area contributed by atoms with Crippen molar-refractivity contribution in [2.45, 2.75) is 72.1 Å². The van der Waals surface area contributed by atoms with Crippen LogP contribution in [0.1, 0.15) is 47.1 Å². The monoisotopic (exact) mass is 808 g/mol. The summed E-state index contributed by atoms with van der Waals surface area (Å²) in [5.74, 6) is -2.01. The maximum Gasteiger partial charge on any atom is 0.343 e. The van der Waals surface area contributed by atoms with Gasteiger partial charge in [0.15, 0.2) is 17.6 Å².